The van der Waals surface area contributed by atoms with Gasteiger partial charge < -0.3 is 5.32 Å². The summed E-state index contributed by atoms with van der Waals surface area (Å²) in [5.74, 6) is 0. The molecular formula is C12H11NS2. The predicted molar refractivity (Wildman–Crippen MR) is 70.6 cm³/mol. The van der Waals surface area contributed by atoms with Crippen LogP contribution in [0.4, 0.5) is 5.69 Å². The Morgan fingerprint density at radius 3 is 2.73 bits per heavy atom. The number of anilines is 1. The lowest BCUT2D eigenvalue weighted by atomic mass is 10.2. The average Bonchev–Trinajstić information content (AvgIpc) is 2.27. The molecule has 1 heterocycles. The van der Waals surface area contributed by atoms with E-state index in [1.54, 1.807) is 17.8 Å². The number of fused-ring (bicyclic) bond motifs is 1. The summed E-state index contributed by atoms with van der Waals surface area (Å²) in [4.78, 5) is 3.24. The molecule has 0 atom stereocenters. The van der Waals surface area contributed by atoms with E-state index in [0.717, 1.165) is 21.2 Å². The Kier molecular flexibility index (Phi) is 2.93. The number of thioether (sulfide) groups is 1. The van der Waals surface area contributed by atoms with E-state index in [9.17, 15) is 0 Å². The molecule has 0 spiro atoms. The van der Waals surface area contributed by atoms with Crippen molar-refractivity contribution >= 4 is 30.1 Å². The van der Waals surface area contributed by atoms with Gasteiger partial charge in [0.25, 0.3) is 0 Å². The van der Waals surface area contributed by atoms with E-state index in [1.807, 2.05) is 18.2 Å². The Hall–Kier alpha value is -1.06. The fraction of sp³-hybridized carbons (Fsp3) is 0. The van der Waals surface area contributed by atoms with Crippen molar-refractivity contribution in [3.63, 3.8) is 0 Å². The number of nitrogens with one attached hydrogen (secondary N) is 1. The zero-order valence-corrected chi connectivity index (χ0v) is 9.87. The summed E-state index contributed by atoms with van der Waals surface area (Å²) in [5, 5.41) is 3.31. The van der Waals surface area contributed by atoms with Crippen LogP contribution in [0.3, 0.4) is 0 Å². The SMILES string of the molecule is C=CC1=C(C=C)Sc2ccc(S)cc2N1. The lowest BCUT2D eigenvalue weighted by Gasteiger charge is -2.20. The van der Waals surface area contributed by atoms with E-state index in [1.165, 1.54) is 4.90 Å². The number of allylic oxidation sites excluding steroid dienone is 2. The molecule has 3 heteroatoms. The number of benzene rings is 1. The van der Waals surface area contributed by atoms with Crippen LogP contribution in [0.1, 0.15) is 0 Å². The van der Waals surface area contributed by atoms with E-state index >= 15 is 0 Å². The number of hydrogen-bond acceptors (Lipinski definition) is 3. The van der Waals surface area contributed by atoms with E-state index < -0.39 is 0 Å². The van der Waals surface area contributed by atoms with Gasteiger partial charge in [0.2, 0.25) is 0 Å². The molecule has 0 amide bonds. The van der Waals surface area contributed by atoms with Crippen LogP contribution in [0.2, 0.25) is 0 Å². The predicted octanol–water partition coefficient (Wildman–Crippen LogP) is 4.08. The number of rotatable bonds is 2. The number of hydrogen-bond donors (Lipinski definition) is 2. The maximum absolute atomic E-state index is 4.31. The molecule has 1 aromatic carbocycles. The third-order valence-electron chi connectivity index (χ3n) is 2.11. The van der Waals surface area contributed by atoms with Gasteiger partial charge in [-0.05, 0) is 24.3 Å². The van der Waals surface area contributed by atoms with E-state index in [4.69, 9.17) is 0 Å². The van der Waals surface area contributed by atoms with Crippen LogP contribution < -0.4 is 5.32 Å². The van der Waals surface area contributed by atoms with Crippen LogP contribution in [-0.2, 0) is 0 Å². The first-order valence-electron chi connectivity index (χ1n) is 4.51. The van der Waals surface area contributed by atoms with Crippen LogP contribution in [0.25, 0.3) is 0 Å². The molecule has 0 fully saturated rings. The average molecular weight is 233 g/mol. The molecule has 0 radical (unpaired) electrons. The Morgan fingerprint density at radius 1 is 1.27 bits per heavy atom. The topological polar surface area (TPSA) is 12.0 Å². The molecule has 0 unspecified atom stereocenters. The second-order valence-corrected chi connectivity index (χ2v) is 4.69. The summed E-state index contributed by atoms with van der Waals surface area (Å²) in [7, 11) is 0. The first-order valence-corrected chi connectivity index (χ1v) is 5.78. The minimum absolute atomic E-state index is 0.951. The Labute approximate surface area is 99.4 Å². The van der Waals surface area contributed by atoms with E-state index in [2.05, 4.69) is 37.2 Å². The normalized spacial score (nSPS) is 14.2. The molecule has 1 aliphatic heterocycles. The van der Waals surface area contributed by atoms with Gasteiger partial charge in [-0.15, -0.1) is 12.6 Å². The van der Waals surface area contributed by atoms with Crippen LogP contribution in [-0.4, -0.2) is 0 Å². The Balaban J connectivity index is 2.46. The van der Waals surface area contributed by atoms with Crippen molar-refractivity contribution in [2.24, 2.45) is 0 Å². The molecule has 15 heavy (non-hydrogen) atoms. The number of thiol groups is 1. The molecule has 1 nitrogen and oxygen atoms in total. The maximum Gasteiger partial charge on any atom is 0.0537 e. The van der Waals surface area contributed by atoms with Gasteiger partial charge >= 0.3 is 0 Å². The van der Waals surface area contributed by atoms with Gasteiger partial charge in [0.05, 0.1) is 11.4 Å². The summed E-state index contributed by atoms with van der Waals surface area (Å²) in [6.07, 6.45) is 3.64. The van der Waals surface area contributed by atoms with Gasteiger partial charge in [0.1, 0.15) is 0 Å². The third-order valence-corrected chi connectivity index (χ3v) is 3.57. The van der Waals surface area contributed by atoms with Crippen molar-refractivity contribution in [1.29, 1.82) is 0 Å². The van der Waals surface area contributed by atoms with Crippen molar-refractivity contribution < 1.29 is 0 Å². The highest BCUT2D eigenvalue weighted by Crippen LogP contribution is 2.40. The highest BCUT2D eigenvalue weighted by Gasteiger charge is 2.14. The van der Waals surface area contributed by atoms with Gasteiger partial charge in [0, 0.05) is 14.7 Å². The monoisotopic (exact) mass is 233 g/mol. The fourth-order valence-corrected chi connectivity index (χ4v) is 2.51. The molecule has 0 bridgehead atoms. The van der Waals surface area contributed by atoms with E-state index in [0.29, 0.717) is 0 Å². The Bertz CT molecular complexity index is 461. The smallest absolute Gasteiger partial charge is 0.0537 e. The summed E-state index contributed by atoms with van der Waals surface area (Å²) in [6.45, 7) is 7.57. The van der Waals surface area contributed by atoms with Crippen LogP contribution in [0.15, 0.2) is 63.9 Å². The summed E-state index contributed by atoms with van der Waals surface area (Å²) >= 11 is 6.00. The largest absolute Gasteiger partial charge is 0.354 e. The molecule has 0 aliphatic carbocycles. The van der Waals surface area contributed by atoms with Gasteiger partial charge in [-0.1, -0.05) is 31.0 Å². The van der Waals surface area contributed by atoms with Crippen LogP contribution in [0.5, 0.6) is 0 Å². The third kappa shape index (κ3) is 1.98. The zero-order valence-electron chi connectivity index (χ0n) is 8.16. The van der Waals surface area contributed by atoms with Crippen molar-refractivity contribution in [2.45, 2.75) is 9.79 Å². The summed E-state index contributed by atoms with van der Waals surface area (Å²) in [5.41, 5.74) is 2.08. The fourth-order valence-electron chi connectivity index (χ4n) is 1.39. The van der Waals surface area contributed by atoms with Gasteiger partial charge in [-0.3, -0.25) is 0 Å². The van der Waals surface area contributed by atoms with E-state index in [-0.39, 0.29) is 0 Å². The first kappa shape index (κ1) is 10.5. The molecule has 1 N–H and O–H groups in total. The minimum Gasteiger partial charge on any atom is -0.354 e. The van der Waals surface area contributed by atoms with Crippen LogP contribution >= 0.6 is 24.4 Å². The molecular weight excluding hydrogens is 222 g/mol. The molecule has 76 valence electrons. The first-order chi connectivity index (χ1) is 7.24. The maximum atomic E-state index is 4.31. The minimum atomic E-state index is 0.951. The summed E-state index contributed by atoms with van der Waals surface area (Å²) < 4.78 is 0. The molecule has 0 saturated heterocycles. The van der Waals surface area contributed by atoms with Crippen molar-refractivity contribution in [2.75, 3.05) is 5.32 Å². The van der Waals surface area contributed by atoms with Gasteiger partial charge in [-0.25, -0.2) is 0 Å². The molecule has 2 rings (SSSR count). The highest BCUT2D eigenvalue weighted by molar-refractivity contribution is 8.03. The van der Waals surface area contributed by atoms with Crippen LogP contribution in [0, 0.1) is 0 Å². The Morgan fingerprint density at radius 2 is 2.07 bits per heavy atom. The molecule has 0 aromatic heterocycles. The molecule has 1 aromatic rings. The van der Waals surface area contributed by atoms with Crippen molar-refractivity contribution in [3.8, 4) is 0 Å². The standard InChI is InChI=1S/C12H11NS2/c1-3-9-11(4-2)15-12-6-5-8(14)7-10(12)13-9/h3-7,13-14H,1-2H2. The van der Waals surface area contributed by atoms with Crippen molar-refractivity contribution in [3.05, 3.63) is 54.1 Å². The zero-order chi connectivity index (χ0) is 10.8. The molecule has 1 aliphatic rings. The summed E-state index contributed by atoms with van der Waals surface area (Å²) in [6, 6.07) is 6.05. The van der Waals surface area contributed by atoms with Crippen molar-refractivity contribution in [1.82, 2.24) is 0 Å². The quantitative estimate of drug-likeness (QED) is 0.747. The van der Waals surface area contributed by atoms with Gasteiger partial charge in [0.15, 0.2) is 0 Å². The second kappa shape index (κ2) is 4.21. The second-order valence-electron chi connectivity index (χ2n) is 3.09. The highest BCUT2D eigenvalue weighted by atomic mass is 32.2. The lowest BCUT2D eigenvalue weighted by Crippen LogP contribution is -2.04. The van der Waals surface area contributed by atoms with Gasteiger partial charge in [-0.2, -0.15) is 0 Å². The molecule has 0 saturated carbocycles. The lowest BCUT2D eigenvalue weighted by molar-refractivity contribution is 1.30.